The van der Waals surface area contributed by atoms with Gasteiger partial charge >= 0.3 is 0 Å². The van der Waals surface area contributed by atoms with Gasteiger partial charge in [-0.05, 0) is 7.05 Å². The van der Waals surface area contributed by atoms with Crippen molar-refractivity contribution in [2.75, 3.05) is 12.4 Å². The van der Waals surface area contributed by atoms with E-state index in [-0.39, 0.29) is 15.4 Å². The highest BCUT2D eigenvalue weighted by molar-refractivity contribution is 7.91. The molecule has 1 amide bonds. The average Bonchev–Trinajstić information content (AvgIpc) is 2.66. The van der Waals surface area contributed by atoms with Gasteiger partial charge in [0.2, 0.25) is 15.4 Å². The Morgan fingerprint density at radius 2 is 2.13 bits per heavy atom. The van der Waals surface area contributed by atoms with Crippen LogP contribution in [0.2, 0.25) is 0 Å². The number of rotatable bonds is 4. The predicted octanol–water partition coefficient (Wildman–Crippen LogP) is -0.205. The van der Waals surface area contributed by atoms with Crippen LogP contribution in [0, 0.1) is 0 Å². The van der Waals surface area contributed by atoms with Crippen molar-refractivity contribution in [2.45, 2.75) is 17.7 Å². The van der Waals surface area contributed by atoms with E-state index in [1.54, 1.807) is 6.92 Å². The lowest BCUT2D eigenvalue weighted by Crippen LogP contribution is -2.18. The molecule has 1 aromatic rings. The van der Waals surface area contributed by atoms with Crippen LogP contribution in [-0.4, -0.2) is 31.6 Å². The Balaban J connectivity index is 2.86. The first kappa shape index (κ1) is 12.0. The zero-order valence-corrected chi connectivity index (χ0v) is 9.78. The van der Waals surface area contributed by atoms with Gasteiger partial charge in [0, 0.05) is 6.42 Å². The number of sulfonamides is 1. The predicted molar refractivity (Wildman–Crippen MR) is 55.1 cm³/mol. The molecule has 9 heteroatoms. The zero-order chi connectivity index (χ0) is 11.5. The first-order valence-electron chi connectivity index (χ1n) is 4.06. The van der Waals surface area contributed by atoms with Crippen molar-refractivity contribution in [2.24, 2.45) is 0 Å². The molecule has 2 N–H and O–H groups in total. The van der Waals surface area contributed by atoms with Gasteiger partial charge in [-0.25, -0.2) is 13.1 Å². The van der Waals surface area contributed by atoms with Crippen LogP contribution >= 0.6 is 11.3 Å². The fourth-order valence-electron chi connectivity index (χ4n) is 0.664. The molecule has 0 saturated carbocycles. The summed E-state index contributed by atoms with van der Waals surface area (Å²) in [6, 6.07) is 0. The number of carbonyl (C=O) groups is 1. The number of aromatic nitrogens is 2. The third-order valence-corrected chi connectivity index (χ3v) is 4.09. The van der Waals surface area contributed by atoms with Crippen molar-refractivity contribution in [1.82, 2.24) is 14.9 Å². The van der Waals surface area contributed by atoms with E-state index in [1.165, 1.54) is 7.05 Å². The minimum Gasteiger partial charge on any atom is -0.301 e. The van der Waals surface area contributed by atoms with Crippen LogP contribution in [0.15, 0.2) is 4.34 Å². The van der Waals surface area contributed by atoms with Gasteiger partial charge in [0.05, 0.1) is 0 Å². The molecule has 1 heterocycles. The Morgan fingerprint density at radius 3 is 2.67 bits per heavy atom. The number of nitrogens with zero attached hydrogens (tertiary/aromatic N) is 2. The first-order valence-corrected chi connectivity index (χ1v) is 6.36. The Kier molecular flexibility index (Phi) is 3.72. The van der Waals surface area contributed by atoms with Crippen molar-refractivity contribution < 1.29 is 13.2 Å². The molecule has 1 rings (SSSR count). The van der Waals surface area contributed by atoms with Crippen LogP contribution in [0.4, 0.5) is 5.13 Å². The summed E-state index contributed by atoms with van der Waals surface area (Å²) in [4.78, 5) is 11.0. The quantitative estimate of drug-likeness (QED) is 0.720. The minimum atomic E-state index is -3.58. The fraction of sp³-hybridized carbons (Fsp3) is 0.500. The van der Waals surface area contributed by atoms with E-state index in [2.05, 4.69) is 20.2 Å². The van der Waals surface area contributed by atoms with E-state index in [0.29, 0.717) is 6.42 Å². The Morgan fingerprint density at radius 1 is 1.47 bits per heavy atom. The molecule has 7 nitrogen and oxygen atoms in total. The van der Waals surface area contributed by atoms with Gasteiger partial charge in [-0.1, -0.05) is 18.3 Å². The number of hydrogen-bond acceptors (Lipinski definition) is 6. The van der Waals surface area contributed by atoms with Crippen LogP contribution in [0.1, 0.15) is 13.3 Å². The zero-order valence-electron chi connectivity index (χ0n) is 8.14. The normalized spacial score (nSPS) is 11.3. The molecule has 84 valence electrons. The molecule has 0 unspecified atom stereocenters. The lowest BCUT2D eigenvalue weighted by Gasteiger charge is -1.95. The molecule has 0 aliphatic heterocycles. The van der Waals surface area contributed by atoms with Crippen molar-refractivity contribution in [1.29, 1.82) is 0 Å². The molecule has 0 fully saturated rings. The Bertz CT molecular complexity index is 453. The van der Waals surface area contributed by atoms with Gasteiger partial charge in [-0.3, -0.25) is 4.79 Å². The Labute approximate surface area is 91.0 Å². The van der Waals surface area contributed by atoms with Crippen LogP contribution in [0.5, 0.6) is 0 Å². The summed E-state index contributed by atoms with van der Waals surface area (Å²) in [5.41, 5.74) is 0. The fourth-order valence-corrected chi connectivity index (χ4v) is 2.41. The molecule has 0 aliphatic rings. The van der Waals surface area contributed by atoms with Crippen LogP contribution in [0.3, 0.4) is 0 Å². The first-order chi connectivity index (χ1) is 6.99. The second-order valence-electron chi connectivity index (χ2n) is 2.48. The summed E-state index contributed by atoms with van der Waals surface area (Å²) in [7, 11) is -2.30. The topological polar surface area (TPSA) is 101 Å². The van der Waals surface area contributed by atoms with Crippen LogP contribution < -0.4 is 10.0 Å². The summed E-state index contributed by atoms with van der Waals surface area (Å²) in [5, 5.41) is 9.58. The highest BCUT2D eigenvalue weighted by Gasteiger charge is 2.18. The highest BCUT2D eigenvalue weighted by Crippen LogP contribution is 2.19. The molecular formula is C6H10N4O3S2. The third kappa shape index (κ3) is 2.94. The number of anilines is 1. The smallest absolute Gasteiger partial charge is 0.269 e. The monoisotopic (exact) mass is 250 g/mol. The SMILES string of the molecule is CCC(=O)Nc1nnc(S(=O)(=O)NC)s1. The summed E-state index contributed by atoms with van der Waals surface area (Å²) in [6.07, 6.45) is 0.299. The van der Waals surface area contributed by atoms with Crippen LogP contribution in [0.25, 0.3) is 0 Å². The molecule has 1 aromatic heterocycles. The van der Waals surface area contributed by atoms with Gasteiger partial charge in [-0.15, -0.1) is 10.2 Å². The van der Waals surface area contributed by atoms with E-state index in [9.17, 15) is 13.2 Å². The van der Waals surface area contributed by atoms with Gasteiger partial charge in [-0.2, -0.15) is 0 Å². The molecule has 0 spiro atoms. The van der Waals surface area contributed by atoms with Crippen molar-refractivity contribution in [3.05, 3.63) is 0 Å². The van der Waals surface area contributed by atoms with E-state index in [1.807, 2.05) is 0 Å². The lowest BCUT2D eigenvalue weighted by atomic mass is 10.5. The van der Waals surface area contributed by atoms with Gasteiger partial charge in [0.15, 0.2) is 0 Å². The standard InChI is InChI=1S/C6H10N4O3S2/c1-3-4(11)8-5-9-10-6(14-5)15(12,13)7-2/h7H,3H2,1-2H3,(H,8,9,11). The second kappa shape index (κ2) is 4.64. The minimum absolute atomic E-state index is 0.170. The van der Waals surface area contributed by atoms with Crippen molar-refractivity contribution in [3.63, 3.8) is 0 Å². The van der Waals surface area contributed by atoms with E-state index in [0.717, 1.165) is 11.3 Å². The molecule has 15 heavy (non-hydrogen) atoms. The molecular weight excluding hydrogens is 240 g/mol. The third-order valence-electron chi connectivity index (χ3n) is 1.47. The maximum absolute atomic E-state index is 11.3. The maximum atomic E-state index is 11.3. The summed E-state index contributed by atoms with van der Waals surface area (Å²) >= 11 is 0.803. The highest BCUT2D eigenvalue weighted by atomic mass is 32.2. The summed E-state index contributed by atoms with van der Waals surface area (Å²) in [5.74, 6) is -0.237. The van der Waals surface area contributed by atoms with E-state index < -0.39 is 10.0 Å². The van der Waals surface area contributed by atoms with Gasteiger partial charge in [0.1, 0.15) is 0 Å². The molecule has 0 radical (unpaired) electrons. The van der Waals surface area contributed by atoms with Gasteiger partial charge < -0.3 is 5.32 Å². The molecule has 0 bridgehead atoms. The molecule has 0 aliphatic carbocycles. The number of nitrogens with one attached hydrogen (secondary N) is 2. The van der Waals surface area contributed by atoms with Crippen molar-refractivity contribution >= 4 is 32.4 Å². The van der Waals surface area contributed by atoms with E-state index in [4.69, 9.17) is 0 Å². The average molecular weight is 250 g/mol. The number of amides is 1. The molecule has 0 saturated heterocycles. The Hall–Kier alpha value is -1.06. The molecule has 0 aromatic carbocycles. The van der Waals surface area contributed by atoms with E-state index >= 15 is 0 Å². The summed E-state index contributed by atoms with van der Waals surface area (Å²) in [6.45, 7) is 1.68. The second-order valence-corrected chi connectivity index (χ2v) is 5.52. The lowest BCUT2D eigenvalue weighted by molar-refractivity contribution is -0.115. The number of hydrogen-bond donors (Lipinski definition) is 2. The summed E-state index contributed by atoms with van der Waals surface area (Å²) < 4.78 is 24.4. The van der Waals surface area contributed by atoms with Crippen molar-refractivity contribution in [3.8, 4) is 0 Å². The molecule has 0 atom stereocenters. The number of carbonyl (C=O) groups excluding carboxylic acids is 1. The maximum Gasteiger partial charge on any atom is 0.269 e. The van der Waals surface area contributed by atoms with Gasteiger partial charge in [0.25, 0.3) is 10.0 Å². The largest absolute Gasteiger partial charge is 0.301 e. The van der Waals surface area contributed by atoms with Crippen LogP contribution in [-0.2, 0) is 14.8 Å².